The van der Waals surface area contributed by atoms with Gasteiger partial charge in [-0.1, -0.05) is 30.3 Å². The van der Waals surface area contributed by atoms with E-state index in [2.05, 4.69) is 5.32 Å². The number of halogens is 2. The molecule has 1 aliphatic rings. The maximum atomic E-state index is 14.1. The Morgan fingerprint density at radius 3 is 2.70 bits per heavy atom. The summed E-state index contributed by atoms with van der Waals surface area (Å²) in [5.74, 6) is -0.893. The number of amides is 1. The zero-order chi connectivity index (χ0) is 16.2. The van der Waals surface area contributed by atoms with Crippen molar-refractivity contribution in [1.29, 1.82) is 0 Å². The van der Waals surface area contributed by atoms with E-state index >= 15 is 0 Å². The molecule has 3 rings (SSSR count). The number of carbonyl (C=O) groups is 1. The Hall–Kier alpha value is -2.43. The van der Waals surface area contributed by atoms with Crippen molar-refractivity contribution in [1.82, 2.24) is 5.32 Å². The summed E-state index contributed by atoms with van der Waals surface area (Å²) in [5.41, 5.74) is 1.88. The Balaban J connectivity index is 1.64. The van der Waals surface area contributed by atoms with Crippen molar-refractivity contribution in [3.63, 3.8) is 0 Å². The number of benzene rings is 2. The van der Waals surface area contributed by atoms with Crippen molar-refractivity contribution in [2.24, 2.45) is 0 Å². The maximum absolute atomic E-state index is 14.1. The summed E-state index contributed by atoms with van der Waals surface area (Å²) >= 11 is 0. The first-order valence-electron chi connectivity index (χ1n) is 7.67. The van der Waals surface area contributed by atoms with Gasteiger partial charge in [0.2, 0.25) is 5.91 Å². The van der Waals surface area contributed by atoms with Gasteiger partial charge in [0.1, 0.15) is 11.6 Å². The fourth-order valence-corrected chi connectivity index (χ4v) is 2.91. The minimum Gasteiger partial charge on any atom is -0.360 e. The first-order chi connectivity index (χ1) is 11.1. The van der Waals surface area contributed by atoms with Gasteiger partial charge in [-0.2, -0.15) is 0 Å². The van der Waals surface area contributed by atoms with Gasteiger partial charge in [-0.15, -0.1) is 0 Å². The lowest BCUT2D eigenvalue weighted by Gasteiger charge is -2.31. The van der Waals surface area contributed by atoms with Crippen molar-refractivity contribution in [3.8, 4) is 0 Å². The van der Waals surface area contributed by atoms with Crippen LogP contribution in [0.4, 0.5) is 14.5 Å². The number of nitrogens with zero attached hydrogens (tertiary/aromatic N) is 1. The lowest BCUT2D eigenvalue weighted by Crippen LogP contribution is -2.40. The van der Waals surface area contributed by atoms with Crippen LogP contribution in [-0.4, -0.2) is 19.0 Å². The molecule has 0 saturated carbocycles. The first-order valence-corrected chi connectivity index (χ1v) is 7.67. The van der Waals surface area contributed by atoms with Crippen LogP contribution in [0.25, 0.3) is 0 Å². The van der Waals surface area contributed by atoms with Crippen LogP contribution in [-0.2, 0) is 17.8 Å². The van der Waals surface area contributed by atoms with Crippen molar-refractivity contribution in [2.75, 3.05) is 18.0 Å². The van der Waals surface area contributed by atoms with Crippen LogP contribution < -0.4 is 10.2 Å². The molecule has 1 heterocycles. The zero-order valence-electron chi connectivity index (χ0n) is 12.7. The minimum absolute atomic E-state index is 0.0718. The molecule has 0 aliphatic carbocycles. The topological polar surface area (TPSA) is 32.3 Å². The number of hydrogen-bond acceptors (Lipinski definition) is 2. The summed E-state index contributed by atoms with van der Waals surface area (Å²) in [6.07, 6.45) is 1.71. The van der Waals surface area contributed by atoms with Gasteiger partial charge in [0, 0.05) is 18.7 Å². The standard InChI is InChI=1S/C18H18F2N2O/c19-15-8-2-1-5-14(15)11-21-17(23)12-22-10-4-7-13-6-3-9-16(20)18(13)22/h1-3,5-6,8-9H,4,7,10-12H2,(H,21,23). The van der Waals surface area contributed by atoms with E-state index in [-0.39, 0.29) is 30.6 Å². The Bertz CT molecular complexity index is 718. The van der Waals surface area contributed by atoms with Crippen molar-refractivity contribution in [3.05, 3.63) is 65.2 Å². The summed E-state index contributed by atoms with van der Waals surface area (Å²) in [4.78, 5) is 13.9. The monoisotopic (exact) mass is 316 g/mol. The van der Waals surface area contributed by atoms with Crippen LogP contribution in [0.5, 0.6) is 0 Å². The number of carbonyl (C=O) groups excluding carboxylic acids is 1. The predicted molar refractivity (Wildman–Crippen MR) is 85.2 cm³/mol. The van der Waals surface area contributed by atoms with E-state index in [1.807, 2.05) is 6.07 Å². The molecular weight excluding hydrogens is 298 g/mol. The van der Waals surface area contributed by atoms with Gasteiger partial charge in [-0.25, -0.2) is 8.78 Å². The molecule has 1 aliphatic heterocycles. The molecule has 0 radical (unpaired) electrons. The van der Waals surface area contributed by atoms with Gasteiger partial charge in [0.15, 0.2) is 0 Å². The van der Waals surface area contributed by atoms with Gasteiger partial charge < -0.3 is 10.2 Å². The predicted octanol–water partition coefficient (Wildman–Crippen LogP) is 3.03. The smallest absolute Gasteiger partial charge is 0.239 e. The van der Waals surface area contributed by atoms with E-state index in [1.54, 1.807) is 29.2 Å². The Morgan fingerprint density at radius 2 is 1.87 bits per heavy atom. The molecule has 2 aromatic rings. The Labute approximate surface area is 133 Å². The minimum atomic E-state index is -0.345. The number of nitrogens with one attached hydrogen (secondary N) is 1. The number of anilines is 1. The molecule has 0 aromatic heterocycles. The normalized spacial score (nSPS) is 13.6. The van der Waals surface area contributed by atoms with Crippen LogP contribution in [0.1, 0.15) is 17.5 Å². The summed E-state index contributed by atoms with van der Waals surface area (Å²) in [5, 5.41) is 2.69. The molecule has 0 spiro atoms. The number of aryl methyl sites for hydroxylation is 1. The highest BCUT2D eigenvalue weighted by Crippen LogP contribution is 2.29. The third-order valence-electron chi connectivity index (χ3n) is 4.03. The van der Waals surface area contributed by atoms with Crippen molar-refractivity contribution in [2.45, 2.75) is 19.4 Å². The van der Waals surface area contributed by atoms with Gasteiger partial charge in [-0.3, -0.25) is 4.79 Å². The van der Waals surface area contributed by atoms with Crippen LogP contribution in [0.15, 0.2) is 42.5 Å². The summed E-state index contributed by atoms with van der Waals surface area (Å²) < 4.78 is 27.6. The van der Waals surface area contributed by atoms with Crippen molar-refractivity contribution < 1.29 is 13.6 Å². The molecule has 0 unspecified atom stereocenters. The third-order valence-corrected chi connectivity index (χ3v) is 4.03. The lowest BCUT2D eigenvalue weighted by atomic mass is 10.0. The summed E-state index contributed by atoms with van der Waals surface area (Å²) in [7, 11) is 0. The summed E-state index contributed by atoms with van der Waals surface area (Å²) in [6, 6.07) is 11.3. The summed E-state index contributed by atoms with van der Waals surface area (Å²) in [6.45, 7) is 0.840. The average Bonchev–Trinajstić information content (AvgIpc) is 2.54. The second-order valence-electron chi connectivity index (χ2n) is 5.64. The van der Waals surface area contributed by atoms with E-state index < -0.39 is 0 Å². The fraction of sp³-hybridized carbons (Fsp3) is 0.278. The second kappa shape index (κ2) is 6.77. The van der Waals surface area contributed by atoms with Gasteiger partial charge >= 0.3 is 0 Å². The molecule has 0 bridgehead atoms. The Kier molecular flexibility index (Phi) is 4.55. The van der Waals surface area contributed by atoms with Gasteiger partial charge in [-0.05, 0) is 30.5 Å². The highest BCUT2D eigenvalue weighted by Gasteiger charge is 2.22. The molecular formula is C18H18F2N2O. The molecule has 1 amide bonds. The highest BCUT2D eigenvalue weighted by atomic mass is 19.1. The lowest BCUT2D eigenvalue weighted by molar-refractivity contribution is -0.119. The van der Waals surface area contributed by atoms with E-state index in [4.69, 9.17) is 0 Å². The quantitative estimate of drug-likeness (QED) is 0.940. The van der Waals surface area contributed by atoms with Crippen LogP contribution >= 0.6 is 0 Å². The van der Waals surface area contributed by atoms with Crippen molar-refractivity contribution >= 4 is 11.6 Å². The molecule has 0 atom stereocenters. The molecule has 0 saturated heterocycles. The average molecular weight is 316 g/mol. The Morgan fingerprint density at radius 1 is 1.09 bits per heavy atom. The first kappa shape index (κ1) is 15.5. The number of rotatable bonds is 4. The van der Waals surface area contributed by atoms with E-state index in [1.165, 1.54) is 12.1 Å². The molecule has 0 fully saturated rings. The van der Waals surface area contributed by atoms with Gasteiger partial charge in [0.05, 0.1) is 12.2 Å². The van der Waals surface area contributed by atoms with E-state index in [9.17, 15) is 13.6 Å². The van der Waals surface area contributed by atoms with Crippen LogP contribution in [0.3, 0.4) is 0 Å². The number of hydrogen-bond donors (Lipinski definition) is 1. The number of para-hydroxylation sites is 1. The number of fused-ring (bicyclic) bond motifs is 1. The maximum Gasteiger partial charge on any atom is 0.239 e. The second-order valence-corrected chi connectivity index (χ2v) is 5.64. The zero-order valence-corrected chi connectivity index (χ0v) is 12.7. The van der Waals surface area contributed by atoms with Crippen LogP contribution in [0.2, 0.25) is 0 Å². The van der Waals surface area contributed by atoms with E-state index in [0.29, 0.717) is 17.8 Å². The molecule has 2 aromatic carbocycles. The molecule has 23 heavy (non-hydrogen) atoms. The molecule has 1 N–H and O–H groups in total. The SMILES string of the molecule is O=C(CN1CCCc2cccc(F)c21)NCc1ccccc1F. The molecule has 3 nitrogen and oxygen atoms in total. The molecule has 5 heteroatoms. The van der Waals surface area contributed by atoms with Gasteiger partial charge in [0.25, 0.3) is 0 Å². The highest BCUT2D eigenvalue weighted by molar-refractivity contribution is 5.82. The van der Waals surface area contributed by atoms with E-state index in [0.717, 1.165) is 18.4 Å². The largest absolute Gasteiger partial charge is 0.360 e. The molecule has 120 valence electrons. The third kappa shape index (κ3) is 3.50. The van der Waals surface area contributed by atoms with Crippen LogP contribution in [0, 0.1) is 11.6 Å². The fourth-order valence-electron chi connectivity index (χ4n) is 2.91.